The van der Waals surface area contributed by atoms with Crippen LogP contribution in [0.2, 0.25) is 0 Å². The SMILES string of the molecule is CNC(=O)c1nccc2c1[nH]c1ccc(S(=O)(=O)NCCNCCO)cc12. The molecule has 0 bridgehead atoms. The van der Waals surface area contributed by atoms with E-state index in [0.717, 1.165) is 5.39 Å². The van der Waals surface area contributed by atoms with E-state index in [1.54, 1.807) is 18.2 Å². The zero-order chi connectivity index (χ0) is 19.4. The Bertz CT molecular complexity index is 1080. The molecule has 2 aromatic heterocycles. The van der Waals surface area contributed by atoms with Crippen LogP contribution in [0.25, 0.3) is 21.8 Å². The summed E-state index contributed by atoms with van der Waals surface area (Å²) >= 11 is 0. The number of benzene rings is 1. The number of aromatic nitrogens is 2. The van der Waals surface area contributed by atoms with E-state index < -0.39 is 10.0 Å². The van der Waals surface area contributed by atoms with Gasteiger partial charge in [-0.15, -0.1) is 0 Å². The number of amides is 1. The Kier molecular flexibility index (Phi) is 5.71. The third-order valence-corrected chi connectivity index (χ3v) is 5.59. The van der Waals surface area contributed by atoms with E-state index in [2.05, 4.69) is 25.3 Å². The van der Waals surface area contributed by atoms with Crippen molar-refractivity contribution in [2.45, 2.75) is 4.90 Å². The Labute approximate surface area is 156 Å². The molecule has 5 N–H and O–H groups in total. The van der Waals surface area contributed by atoms with Crippen LogP contribution in [0, 0.1) is 0 Å². The van der Waals surface area contributed by atoms with Crippen LogP contribution in [0.15, 0.2) is 35.4 Å². The molecule has 0 aliphatic heterocycles. The summed E-state index contributed by atoms with van der Waals surface area (Å²) in [6.45, 7) is 1.02. The standard InChI is InChI=1S/C17H21N5O4S/c1-18-17(24)16-15-12(4-5-20-16)13-10-11(2-3-14(13)22-15)27(25,26)21-7-6-19-8-9-23/h2-5,10,19,21-23H,6-9H2,1H3,(H,18,24). The van der Waals surface area contributed by atoms with Crippen molar-refractivity contribution in [3.8, 4) is 0 Å². The van der Waals surface area contributed by atoms with Crippen molar-refractivity contribution in [3.63, 3.8) is 0 Å². The smallest absolute Gasteiger partial charge is 0.271 e. The number of fused-ring (bicyclic) bond motifs is 3. The van der Waals surface area contributed by atoms with Crippen molar-refractivity contribution in [1.82, 2.24) is 25.3 Å². The first-order valence-electron chi connectivity index (χ1n) is 8.41. The molecule has 3 aromatic rings. The second kappa shape index (κ2) is 8.01. The van der Waals surface area contributed by atoms with E-state index >= 15 is 0 Å². The molecular formula is C17H21N5O4S. The molecule has 1 aromatic carbocycles. The average Bonchev–Trinajstić information content (AvgIpc) is 3.05. The van der Waals surface area contributed by atoms with Crippen molar-refractivity contribution in [2.24, 2.45) is 0 Å². The fourth-order valence-electron chi connectivity index (χ4n) is 2.82. The van der Waals surface area contributed by atoms with E-state index in [0.29, 0.717) is 29.5 Å². The summed E-state index contributed by atoms with van der Waals surface area (Å²) in [6, 6.07) is 6.49. The molecule has 2 heterocycles. The van der Waals surface area contributed by atoms with Gasteiger partial charge >= 0.3 is 0 Å². The van der Waals surface area contributed by atoms with Gasteiger partial charge < -0.3 is 20.7 Å². The highest BCUT2D eigenvalue weighted by molar-refractivity contribution is 7.89. The van der Waals surface area contributed by atoms with Gasteiger partial charge in [0.15, 0.2) is 5.69 Å². The number of pyridine rings is 1. The van der Waals surface area contributed by atoms with E-state index in [-0.39, 0.29) is 29.6 Å². The summed E-state index contributed by atoms with van der Waals surface area (Å²) in [4.78, 5) is 19.4. The number of hydrogen-bond acceptors (Lipinski definition) is 6. The van der Waals surface area contributed by atoms with Crippen molar-refractivity contribution < 1.29 is 18.3 Å². The van der Waals surface area contributed by atoms with Crippen LogP contribution in [0.5, 0.6) is 0 Å². The van der Waals surface area contributed by atoms with E-state index in [9.17, 15) is 13.2 Å². The van der Waals surface area contributed by atoms with Gasteiger partial charge in [0.2, 0.25) is 10.0 Å². The van der Waals surface area contributed by atoms with Crippen LogP contribution < -0.4 is 15.4 Å². The Morgan fingerprint density at radius 1 is 1.19 bits per heavy atom. The topological polar surface area (TPSA) is 136 Å². The molecular weight excluding hydrogens is 370 g/mol. The van der Waals surface area contributed by atoms with Crippen LogP contribution in [0.1, 0.15) is 10.5 Å². The number of sulfonamides is 1. The second-order valence-corrected chi connectivity index (χ2v) is 7.63. The third kappa shape index (κ3) is 3.93. The second-order valence-electron chi connectivity index (χ2n) is 5.87. The molecule has 0 spiro atoms. The molecule has 3 rings (SSSR count). The molecule has 0 aliphatic rings. The monoisotopic (exact) mass is 391 g/mol. The quantitative estimate of drug-likeness (QED) is 0.341. The normalized spacial score (nSPS) is 11.9. The van der Waals surface area contributed by atoms with E-state index in [1.165, 1.54) is 19.3 Å². The molecule has 0 saturated carbocycles. The molecule has 0 saturated heterocycles. The lowest BCUT2D eigenvalue weighted by atomic mass is 10.1. The number of aliphatic hydroxyl groups is 1. The highest BCUT2D eigenvalue weighted by Crippen LogP contribution is 2.28. The number of hydrogen-bond donors (Lipinski definition) is 5. The molecule has 0 atom stereocenters. The predicted molar refractivity (Wildman–Crippen MR) is 102 cm³/mol. The maximum atomic E-state index is 12.5. The van der Waals surface area contributed by atoms with Crippen LogP contribution >= 0.6 is 0 Å². The zero-order valence-electron chi connectivity index (χ0n) is 14.7. The number of carbonyl (C=O) groups is 1. The number of aliphatic hydroxyl groups excluding tert-OH is 1. The Hall–Kier alpha value is -2.53. The largest absolute Gasteiger partial charge is 0.395 e. The minimum Gasteiger partial charge on any atom is -0.395 e. The fourth-order valence-corrected chi connectivity index (χ4v) is 3.88. The molecule has 1 amide bonds. The molecule has 0 aliphatic carbocycles. The molecule has 0 radical (unpaired) electrons. The van der Waals surface area contributed by atoms with Gasteiger partial charge in [-0.3, -0.25) is 4.79 Å². The fraction of sp³-hybridized carbons (Fsp3) is 0.294. The average molecular weight is 391 g/mol. The van der Waals surface area contributed by atoms with Gasteiger partial charge in [0, 0.05) is 49.2 Å². The molecule has 27 heavy (non-hydrogen) atoms. The third-order valence-electron chi connectivity index (χ3n) is 4.13. The first-order valence-corrected chi connectivity index (χ1v) is 9.90. The van der Waals surface area contributed by atoms with Crippen molar-refractivity contribution in [3.05, 3.63) is 36.2 Å². The maximum Gasteiger partial charge on any atom is 0.271 e. The van der Waals surface area contributed by atoms with E-state index in [4.69, 9.17) is 5.11 Å². The Morgan fingerprint density at radius 3 is 2.74 bits per heavy atom. The maximum absolute atomic E-state index is 12.5. The Balaban J connectivity index is 1.95. The highest BCUT2D eigenvalue weighted by atomic mass is 32.2. The lowest BCUT2D eigenvalue weighted by molar-refractivity contribution is 0.0960. The number of nitrogens with zero attached hydrogens (tertiary/aromatic N) is 1. The summed E-state index contributed by atoms with van der Waals surface area (Å²) in [6.07, 6.45) is 1.52. The summed E-state index contributed by atoms with van der Waals surface area (Å²) in [5.74, 6) is -0.322. The summed E-state index contributed by atoms with van der Waals surface area (Å²) in [7, 11) is -2.15. The van der Waals surface area contributed by atoms with Crippen LogP contribution in [-0.4, -0.2) is 62.7 Å². The first kappa shape index (κ1) is 19.2. The van der Waals surface area contributed by atoms with Gasteiger partial charge in [-0.05, 0) is 24.3 Å². The van der Waals surface area contributed by atoms with Crippen LogP contribution in [-0.2, 0) is 10.0 Å². The predicted octanol–water partition coefficient (Wildman–Crippen LogP) is -0.0641. The van der Waals surface area contributed by atoms with Gasteiger partial charge in [-0.25, -0.2) is 18.1 Å². The van der Waals surface area contributed by atoms with Crippen molar-refractivity contribution >= 4 is 37.7 Å². The van der Waals surface area contributed by atoms with Crippen molar-refractivity contribution in [1.29, 1.82) is 0 Å². The molecule has 10 heteroatoms. The minimum atomic E-state index is -3.68. The van der Waals surface area contributed by atoms with Crippen LogP contribution in [0.4, 0.5) is 0 Å². The van der Waals surface area contributed by atoms with Gasteiger partial charge in [0.05, 0.1) is 17.0 Å². The van der Waals surface area contributed by atoms with Gasteiger partial charge in [-0.1, -0.05) is 0 Å². The van der Waals surface area contributed by atoms with Gasteiger partial charge in [0.1, 0.15) is 0 Å². The zero-order valence-corrected chi connectivity index (χ0v) is 15.6. The number of H-pyrrole nitrogens is 1. The molecule has 9 nitrogen and oxygen atoms in total. The minimum absolute atomic E-state index is 0.00309. The first-order chi connectivity index (χ1) is 13.0. The van der Waals surface area contributed by atoms with Crippen LogP contribution in [0.3, 0.4) is 0 Å². The summed E-state index contributed by atoms with van der Waals surface area (Å²) in [5, 5.41) is 15.6. The number of nitrogens with one attached hydrogen (secondary N) is 4. The summed E-state index contributed by atoms with van der Waals surface area (Å²) in [5.41, 5.74) is 1.53. The molecule has 144 valence electrons. The number of aromatic amines is 1. The molecule has 0 unspecified atom stereocenters. The van der Waals surface area contributed by atoms with E-state index in [1.807, 2.05) is 0 Å². The van der Waals surface area contributed by atoms with Gasteiger partial charge in [-0.2, -0.15) is 0 Å². The number of carbonyl (C=O) groups excluding carboxylic acids is 1. The van der Waals surface area contributed by atoms with Crippen molar-refractivity contribution in [2.75, 3.05) is 33.3 Å². The summed E-state index contributed by atoms with van der Waals surface area (Å²) < 4.78 is 27.5. The highest BCUT2D eigenvalue weighted by Gasteiger charge is 2.18. The van der Waals surface area contributed by atoms with Gasteiger partial charge in [0.25, 0.3) is 5.91 Å². The Morgan fingerprint density at radius 2 is 2.00 bits per heavy atom. The lowest BCUT2D eigenvalue weighted by Crippen LogP contribution is -2.32. The molecule has 0 fully saturated rings. The lowest BCUT2D eigenvalue weighted by Gasteiger charge is -2.07. The number of rotatable bonds is 8.